The zero-order valence-corrected chi connectivity index (χ0v) is 18.1. The Kier molecular flexibility index (Phi) is 4.75. The van der Waals surface area contributed by atoms with Crippen LogP contribution in [0.4, 0.5) is 0 Å². The van der Waals surface area contributed by atoms with Crippen molar-refractivity contribution in [1.82, 2.24) is 5.32 Å². The SMILES string of the molecule is CC(=O)NC1=C(C)C[C@H]2[C@@H]3CC=C4C[C@@H](OC(C)=O)CC[C@]4(C)[C@H]3CC[C@]12C. The van der Waals surface area contributed by atoms with Crippen molar-refractivity contribution in [2.45, 2.75) is 85.7 Å². The highest BCUT2D eigenvalue weighted by molar-refractivity contribution is 5.75. The van der Waals surface area contributed by atoms with Gasteiger partial charge < -0.3 is 10.1 Å². The van der Waals surface area contributed by atoms with E-state index in [1.165, 1.54) is 30.2 Å². The number of carbonyl (C=O) groups is 2. The monoisotopic (exact) mass is 385 g/mol. The number of carbonyl (C=O) groups excluding carboxylic acids is 2. The van der Waals surface area contributed by atoms with E-state index >= 15 is 0 Å². The molecule has 6 atom stereocenters. The summed E-state index contributed by atoms with van der Waals surface area (Å²) in [6.45, 7) is 10.2. The maximum Gasteiger partial charge on any atom is 0.302 e. The number of amides is 1. The molecule has 0 aliphatic heterocycles. The molecule has 0 spiro atoms. The number of esters is 1. The minimum absolute atomic E-state index is 0.0555. The fraction of sp³-hybridized carbons (Fsp3) is 0.750. The molecule has 0 aromatic carbocycles. The van der Waals surface area contributed by atoms with E-state index in [-0.39, 0.29) is 28.8 Å². The van der Waals surface area contributed by atoms with Crippen LogP contribution in [0.15, 0.2) is 22.9 Å². The normalized spacial score (nSPS) is 42.1. The highest BCUT2D eigenvalue weighted by Gasteiger charge is 2.57. The molecule has 0 aromatic rings. The standard InChI is InChI=1S/C24H35NO3/c1-14-12-21-19-7-6-17-13-18(28-16(3)27)8-10-23(17,4)20(19)9-11-24(21,5)22(14)25-15(2)26/h6,18-21H,7-13H2,1-5H3,(H,25,26)/t18-,19+,20-,21-,23-,24-/m0/s1. The van der Waals surface area contributed by atoms with Gasteiger partial charge in [0.1, 0.15) is 6.10 Å². The van der Waals surface area contributed by atoms with Gasteiger partial charge in [-0.25, -0.2) is 0 Å². The Bertz CT molecular complexity index is 766. The van der Waals surface area contributed by atoms with E-state index in [0.29, 0.717) is 17.8 Å². The summed E-state index contributed by atoms with van der Waals surface area (Å²) in [6.07, 6.45) is 10.2. The van der Waals surface area contributed by atoms with E-state index in [4.69, 9.17) is 4.74 Å². The summed E-state index contributed by atoms with van der Waals surface area (Å²) in [5.74, 6) is 1.90. The third kappa shape index (κ3) is 2.95. The van der Waals surface area contributed by atoms with E-state index < -0.39 is 0 Å². The number of hydrogen-bond acceptors (Lipinski definition) is 3. The third-order valence-corrected chi connectivity index (χ3v) is 8.61. The van der Waals surface area contributed by atoms with Crippen LogP contribution in [0, 0.1) is 28.6 Å². The van der Waals surface area contributed by atoms with Crippen LogP contribution in [0.2, 0.25) is 0 Å². The first kappa shape index (κ1) is 19.7. The van der Waals surface area contributed by atoms with E-state index in [1.54, 1.807) is 6.92 Å². The summed E-state index contributed by atoms with van der Waals surface area (Å²) in [4.78, 5) is 23.2. The number of allylic oxidation sites excluding steroid dienone is 3. The third-order valence-electron chi connectivity index (χ3n) is 8.61. The van der Waals surface area contributed by atoms with Crippen molar-refractivity contribution < 1.29 is 14.3 Å². The van der Waals surface area contributed by atoms with Crippen molar-refractivity contribution >= 4 is 11.9 Å². The van der Waals surface area contributed by atoms with Gasteiger partial charge in [0.2, 0.25) is 5.91 Å². The second-order valence-electron chi connectivity index (χ2n) is 10.2. The van der Waals surface area contributed by atoms with Gasteiger partial charge in [-0.05, 0) is 68.6 Å². The van der Waals surface area contributed by atoms with Crippen molar-refractivity contribution in [2.75, 3.05) is 0 Å². The summed E-state index contributed by atoms with van der Waals surface area (Å²) in [5, 5.41) is 3.19. The van der Waals surface area contributed by atoms with Crippen LogP contribution in [-0.2, 0) is 14.3 Å². The summed E-state index contributed by atoms with van der Waals surface area (Å²) >= 11 is 0. The first-order chi connectivity index (χ1) is 13.1. The van der Waals surface area contributed by atoms with Crippen molar-refractivity contribution in [2.24, 2.45) is 28.6 Å². The lowest BCUT2D eigenvalue weighted by Gasteiger charge is -2.57. The van der Waals surface area contributed by atoms with Crippen LogP contribution in [0.1, 0.15) is 79.6 Å². The summed E-state index contributed by atoms with van der Waals surface area (Å²) in [6, 6.07) is 0. The molecule has 0 heterocycles. The average molecular weight is 386 g/mol. The van der Waals surface area contributed by atoms with Crippen molar-refractivity contribution in [3.8, 4) is 0 Å². The van der Waals surface area contributed by atoms with Crippen LogP contribution in [0.3, 0.4) is 0 Å². The molecule has 1 amide bonds. The Balaban J connectivity index is 1.59. The molecule has 0 bridgehead atoms. The Morgan fingerprint density at radius 1 is 1.07 bits per heavy atom. The average Bonchev–Trinajstić information content (AvgIpc) is 2.85. The molecule has 2 fully saturated rings. The minimum Gasteiger partial charge on any atom is -0.462 e. The molecule has 0 radical (unpaired) electrons. The predicted octanol–water partition coefficient (Wildman–Crippen LogP) is 4.90. The first-order valence-corrected chi connectivity index (χ1v) is 11.0. The molecule has 1 N–H and O–H groups in total. The molecule has 2 saturated carbocycles. The fourth-order valence-corrected chi connectivity index (χ4v) is 7.31. The Morgan fingerprint density at radius 2 is 1.79 bits per heavy atom. The zero-order valence-electron chi connectivity index (χ0n) is 18.1. The zero-order chi connectivity index (χ0) is 20.3. The first-order valence-electron chi connectivity index (χ1n) is 11.0. The molecule has 0 saturated heterocycles. The second-order valence-corrected chi connectivity index (χ2v) is 10.2. The molecule has 4 rings (SSSR count). The molecule has 4 aliphatic rings. The van der Waals surface area contributed by atoms with Crippen LogP contribution < -0.4 is 5.32 Å². The van der Waals surface area contributed by atoms with Crippen LogP contribution in [-0.4, -0.2) is 18.0 Å². The van der Waals surface area contributed by atoms with Crippen LogP contribution in [0.25, 0.3) is 0 Å². The Morgan fingerprint density at radius 3 is 2.46 bits per heavy atom. The molecular weight excluding hydrogens is 350 g/mol. The molecular formula is C24H35NO3. The number of nitrogens with one attached hydrogen (secondary N) is 1. The van der Waals surface area contributed by atoms with Gasteiger partial charge in [-0.3, -0.25) is 9.59 Å². The second kappa shape index (κ2) is 6.74. The highest BCUT2D eigenvalue weighted by Crippen LogP contribution is 2.65. The van der Waals surface area contributed by atoms with Crippen molar-refractivity contribution in [3.63, 3.8) is 0 Å². The molecule has 4 aliphatic carbocycles. The molecule has 4 heteroatoms. The lowest BCUT2D eigenvalue weighted by Crippen LogP contribution is -2.51. The smallest absolute Gasteiger partial charge is 0.302 e. The largest absolute Gasteiger partial charge is 0.462 e. The topological polar surface area (TPSA) is 55.4 Å². The van der Waals surface area contributed by atoms with Gasteiger partial charge in [0.05, 0.1) is 0 Å². The quantitative estimate of drug-likeness (QED) is 0.543. The van der Waals surface area contributed by atoms with Crippen molar-refractivity contribution in [3.05, 3.63) is 22.9 Å². The van der Waals surface area contributed by atoms with Gasteiger partial charge in [-0.15, -0.1) is 0 Å². The maximum atomic E-state index is 11.8. The lowest BCUT2D eigenvalue weighted by atomic mass is 9.48. The Labute approximate surface area is 169 Å². The van der Waals surface area contributed by atoms with Gasteiger partial charge in [-0.1, -0.05) is 31.1 Å². The predicted molar refractivity (Wildman–Crippen MR) is 109 cm³/mol. The van der Waals surface area contributed by atoms with E-state index in [2.05, 4.69) is 32.2 Å². The highest BCUT2D eigenvalue weighted by atomic mass is 16.5. The number of fused-ring (bicyclic) bond motifs is 5. The van der Waals surface area contributed by atoms with Crippen LogP contribution >= 0.6 is 0 Å². The minimum atomic E-state index is -0.158. The summed E-state index contributed by atoms with van der Waals surface area (Å²) in [5.41, 5.74) is 4.46. The van der Waals surface area contributed by atoms with Gasteiger partial charge in [0, 0.05) is 31.4 Å². The van der Waals surface area contributed by atoms with E-state index in [9.17, 15) is 9.59 Å². The lowest BCUT2D eigenvalue weighted by molar-refractivity contribution is -0.148. The Hall–Kier alpha value is -1.58. The van der Waals surface area contributed by atoms with E-state index in [1.807, 2.05) is 0 Å². The number of ether oxygens (including phenoxy) is 1. The van der Waals surface area contributed by atoms with Gasteiger partial charge in [-0.2, -0.15) is 0 Å². The van der Waals surface area contributed by atoms with Gasteiger partial charge >= 0.3 is 5.97 Å². The van der Waals surface area contributed by atoms with Crippen LogP contribution in [0.5, 0.6) is 0 Å². The molecule has 0 unspecified atom stereocenters. The molecule has 154 valence electrons. The molecule has 4 nitrogen and oxygen atoms in total. The van der Waals surface area contributed by atoms with E-state index in [0.717, 1.165) is 38.5 Å². The number of hydrogen-bond donors (Lipinski definition) is 1. The summed E-state index contributed by atoms with van der Waals surface area (Å²) in [7, 11) is 0. The molecule has 0 aromatic heterocycles. The van der Waals surface area contributed by atoms with Gasteiger partial charge in [0.15, 0.2) is 0 Å². The van der Waals surface area contributed by atoms with Crippen molar-refractivity contribution in [1.29, 1.82) is 0 Å². The fourth-order valence-electron chi connectivity index (χ4n) is 7.31. The number of rotatable bonds is 2. The maximum absolute atomic E-state index is 11.8. The van der Waals surface area contributed by atoms with Gasteiger partial charge in [0.25, 0.3) is 0 Å². The molecule has 28 heavy (non-hydrogen) atoms. The summed E-state index contributed by atoms with van der Waals surface area (Å²) < 4.78 is 5.55.